The average molecular weight is 1180 g/mol. The number of anilines is 1. The highest BCUT2D eigenvalue weighted by Crippen LogP contribution is 2.34. The van der Waals surface area contributed by atoms with Crippen LogP contribution in [0.3, 0.4) is 0 Å². The topological polar surface area (TPSA) is 324 Å². The van der Waals surface area contributed by atoms with Crippen molar-refractivity contribution >= 4 is 51.8 Å². The number of aliphatic hydroxyl groups is 2. The van der Waals surface area contributed by atoms with Gasteiger partial charge in [-0.3, -0.25) is 19.2 Å². The second-order valence-electron chi connectivity index (χ2n) is 21.3. The van der Waals surface area contributed by atoms with E-state index in [1.165, 1.54) is 4.90 Å². The number of amides is 4. The highest BCUT2D eigenvalue weighted by atomic mass is 32.1. The Bertz CT molecular complexity index is 2910. The largest absolute Gasteiger partial charge is 0.490 e. The first-order chi connectivity index (χ1) is 39.8. The Morgan fingerprint density at radius 2 is 1.51 bits per heavy atom. The fraction of sp³-hybridized carbons (Fsp3) is 0.596. The standard InChI is InChI=1S/C57H82N12O13S/c1-8-68-49-44(35-61-42(16-18-57(6,7)75)47(49)65-53(68)48-52(58)67-82-66-48)81-22-10-20-59-19-9-11-45(71)60-21-24-77-26-28-79-30-32-80-31-29-78-27-25-76-23-17-46(72)64-51(56(3,4)5)55(74)69-36-41(70)33-43(69)54(73)62-34-39-12-14-40(15-13-39)50-38(2)63-37-83-50/h12-15,35,37,41,43,51,59,70,75H,8-11,17,19-34,36H2,1-7H3,(H2,58,67)(H,60,71)(H,62,73)(H,64,72)/t41-,43+,51-/m1/s1. The number of aliphatic hydroxyl groups excluding tert-OH is 1. The van der Waals surface area contributed by atoms with Gasteiger partial charge in [0.15, 0.2) is 23.1 Å². The maximum atomic E-state index is 13.9. The number of ether oxygens (including phenoxy) is 6. The third kappa shape index (κ3) is 20.9. The molecule has 3 atom stereocenters. The summed E-state index contributed by atoms with van der Waals surface area (Å²) in [5.74, 6) is 5.52. The van der Waals surface area contributed by atoms with E-state index < -0.39 is 35.1 Å². The minimum absolute atomic E-state index is 0.0131. The van der Waals surface area contributed by atoms with Crippen molar-refractivity contribution in [3.05, 3.63) is 52.9 Å². The number of hydrogen-bond donors (Lipinski definition) is 7. The van der Waals surface area contributed by atoms with Crippen LogP contribution >= 0.6 is 11.3 Å². The van der Waals surface area contributed by atoms with Gasteiger partial charge in [0.05, 0.1) is 101 Å². The molecule has 25 nitrogen and oxygen atoms in total. The molecule has 0 radical (unpaired) electrons. The molecule has 5 aromatic rings. The predicted octanol–water partition coefficient (Wildman–Crippen LogP) is 3.17. The number of nitrogens with zero attached hydrogens (tertiary/aromatic N) is 7. The molecule has 8 N–H and O–H groups in total. The van der Waals surface area contributed by atoms with Crippen molar-refractivity contribution in [2.24, 2.45) is 5.41 Å². The lowest BCUT2D eigenvalue weighted by atomic mass is 9.85. The van der Waals surface area contributed by atoms with Gasteiger partial charge in [0.25, 0.3) is 0 Å². The third-order valence-corrected chi connectivity index (χ3v) is 14.0. The first-order valence-electron chi connectivity index (χ1n) is 28.1. The Kier molecular flexibility index (Phi) is 26.0. The molecule has 0 bridgehead atoms. The number of nitrogens with two attached hydrogens (primary N) is 1. The fourth-order valence-electron chi connectivity index (χ4n) is 8.75. The summed E-state index contributed by atoms with van der Waals surface area (Å²) in [5, 5.41) is 40.4. The number of pyridine rings is 1. The van der Waals surface area contributed by atoms with Crippen LogP contribution in [-0.2, 0) is 56.0 Å². The molecule has 0 aliphatic carbocycles. The molecule has 1 fully saturated rings. The van der Waals surface area contributed by atoms with E-state index in [0.29, 0.717) is 133 Å². The monoisotopic (exact) mass is 1170 g/mol. The number of carbonyl (C=O) groups is 4. The number of aromatic nitrogens is 6. The zero-order valence-electron chi connectivity index (χ0n) is 48.8. The molecule has 1 aliphatic heterocycles. The number of β-amino-alcohol motifs (C(OH)–C–C–N with tert-alkyl or cyclic N) is 1. The van der Waals surface area contributed by atoms with E-state index in [-0.39, 0.29) is 68.4 Å². The number of fused-ring (bicyclic) bond motifs is 1. The molecule has 6 rings (SSSR count). The molecule has 26 heteroatoms. The molecule has 1 saturated heterocycles. The highest BCUT2D eigenvalue weighted by Gasteiger charge is 2.44. The summed E-state index contributed by atoms with van der Waals surface area (Å²) in [5.41, 5.74) is 10.6. The Morgan fingerprint density at radius 1 is 0.843 bits per heavy atom. The number of likely N-dealkylation sites (tertiary alicyclic amines) is 1. The maximum Gasteiger partial charge on any atom is 0.246 e. The number of aryl methyl sites for hydroxylation is 2. The Labute approximate surface area is 488 Å². The summed E-state index contributed by atoms with van der Waals surface area (Å²) in [6.07, 6.45) is 2.57. The second kappa shape index (κ2) is 33.0. The van der Waals surface area contributed by atoms with Crippen LogP contribution < -0.4 is 31.7 Å². The maximum absolute atomic E-state index is 13.9. The van der Waals surface area contributed by atoms with Gasteiger partial charge in [0.2, 0.25) is 23.6 Å². The van der Waals surface area contributed by atoms with Gasteiger partial charge in [-0.1, -0.05) is 51.0 Å². The average Bonchev–Trinajstić information content (AvgIpc) is 4.25. The van der Waals surface area contributed by atoms with Crippen molar-refractivity contribution in [2.45, 2.75) is 117 Å². The summed E-state index contributed by atoms with van der Waals surface area (Å²) in [4.78, 5) is 68.7. The number of nitrogen functional groups attached to an aromatic ring is 1. The van der Waals surface area contributed by atoms with Crippen LogP contribution in [0.4, 0.5) is 5.82 Å². The molecule has 1 aromatic carbocycles. The van der Waals surface area contributed by atoms with Crippen LogP contribution in [-0.4, -0.2) is 191 Å². The molecule has 83 heavy (non-hydrogen) atoms. The van der Waals surface area contributed by atoms with E-state index in [2.05, 4.69) is 53.4 Å². The molecule has 4 aromatic heterocycles. The first kappa shape index (κ1) is 65.5. The van der Waals surface area contributed by atoms with Crippen LogP contribution in [0.2, 0.25) is 0 Å². The van der Waals surface area contributed by atoms with E-state index in [1.807, 2.05) is 69.0 Å². The third-order valence-electron chi connectivity index (χ3n) is 13.0. The molecule has 0 unspecified atom stereocenters. The molecular formula is C57H82N12O13S. The second-order valence-corrected chi connectivity index (χ2v) is 22.2. The Balaban J connectivity index is 0.723. The number of imidazole rings is 1. The summed E-state index contributed by atoms with van der Waals surface area (Å²) in [6.45, 7) is 18.8. The van der Waals surface area contributed by atoms with Crippen molar-refractivity contribution in [3.63, 3.8) is 0 Å². The van der Waals surface area contributed by atoms with Gasteiger partial charge < -0.3 is 75.1 Å². The van der Waals surface area contributed by atoms with Crippen LogP contribution in [0.25, 0.3) is 33.0 Å². The minimum Gasteiger partial charge on any atom is -0.490 e. The molecule has 0 spiro atoms. The SMILES string of the molecule is CCn1c(-c2nonc2N)nc2c(C#CC(C)(C)O)ncc(OCCCNCCCC(=O)NCCOCCOCCOCCOCCOCCC(=O)N[C@H](C(=O)N3C[C@H](O)C[C@H]3C(=O)NCc3ccc(-c4scnc4C)cc3)C(C)(C)C)c21. The summed E-state index contributed by atoms with van der Waals surface area (Å²) >= 11 is 1.57. The predicted molar refractivity (Wildman–Crippen MR) is 310 cm³/mol. The molecule has 454 valence electrons. The van der Waals surface area contributed by atoms with Crippen LogP contribution in [0.15, 0.2) is 40.6 Å². The van der Waals surface area contributed by atoms with Gasteiger partial charge in [0.1, 0.15) is 34.4 Å². The van der Waals surface area contributed by atoms with Crippen LogP contribution in [0, 0.1) is 24.2 Å². The Morgan fingerprint density at radius 3 is 2.12 bits per heavy atom. The van der Waals surface area contributed by atoms with Gasteiger partial charge >= 0.3 is 0 Å². The molecular weight excluding hydrogens is 1090 g/mol. The minimum atomic E-state index is -1.23. The highest BCUT2D eigenvalue weighted by molar-refractivity contribution is 7.13. The van der Waals surface area contributed by atoms with Crippen molar-refractivity contribution in [1.82, 2.24) is 56.0 Å². The molecule has 5 heterocycles. The smallest absolute Gasteiger partial charge is 0.246 e. The number of nitrogens with one attached hydrogen (secondary N) is 4. The fourth-order valence-corrected chi connectivity index (χ4v) is 9.56. The lowest BCUT2D eigenvalue weighted by Crippen LogP contribution is -2.57. The van der Waals surface area contributed by atoms with E-state index in [9.17, 15) is 29.4 Å². The van der Waals surface area contributed by atoms with Crippen LogP contribution in [0.5, 0.6) is 5.75 Å². The van der Waals surface area contributed by atoms with E-state index in [0.717, 1.165) is 21.7 Å². The van der Waals surface area contributed by atoms with Gasteiger partial charge in [-0.2, -0.15) is 0 Å². The lowest BCUT2D eigenvalue weighted by molar-refractivity contribution is -0.144. The summed E-state index contributed by atoms with van der Waals surface area (Å²) in [7, 11) is 0. The van der Waals surface area contributed by atoms with Crippen molar-refractivity contribution in [2.75, 3.05) is 105 Å². The van der Waals surface area contributed by atoms with Gasteiger partial charge in [-0.15, -0.1) is 11.3 Å². The van der Waals surface area contributed by atoms with E-state index in [1.54, 1.807) is 31.4 Å². The van der Waals surface area contributed by atoms with Crippen molar-refractivity contribution in [3.8, 4) is 39.5 Å². The van der Waals surface area contributed by atoms with Gasteiger partial charge in [-0.25, -0.2) is 19.6 Å². The van der Waals surface area contributed by atoms with Gasteiger partial charge in [-0.05, 0) is 86.4 Å². The number of hydrogen-bond acceptors (Lipinski definition) is 21. The normalized spacial score (nSPS) is 14.8. The number of thiazole rings is 1. The summed E-state index contributed by atoms with van der Waals surface area (Å²) in [6, 6.07) is 6.04. The van der Waals surface area contributed by atoms with Crippen LogP contribution in [0.1, 0.15) is 90.6 Å². The number of rotatable bonds is 35. The first-order valence-corrected chi connectivity index (χ1v) is 29.0. The van der Waals surface area contributed by atoms with Crippen molar-refractivity contribution < 1.29 is 62.4 Å². The van der Waals surface area contributed by atoms with Gasteiger partial charge in [0, 0.05) is 45.4 Å². The molecule has 4 amide bonds. The lowest BCUT2D eigenvalue weighted by Gasteiger charge is -2.35. The zero-order chi connectivity index (χ0) is 59.8. The zero-order valence-corrected chi connectivity index (χ0v) is 49.6. The quantitative estimate of drug-likeness (QED) is 0.0226. The van der Waals surface area contributed by atoms with Crippen molar-refractivity contribution in [1.29, 1.82) is 0 Å². The van der Waals surface area contributed by atoms with E-state index in [4.69, 9.17) is 43.8 Å². The number of carbonyl (C=O) groups excluding carboxylic acids is 4. The van der Waals surface area contributed by atoms with E-state index >= 15 is 0 Å². The molecule has 1 aliphatic rings. The number of benzene rings is 1. The molecule has 0 saturated carbocycles. The summed E-state index contributed by atoms with van der Waals surface area (Å²) < 4.78 is 40.7. The Hall–Kier alpha value is -6.67.